The Bertz CT molecular complexity index is 556. The van der Waals surface area contributed by atoms with E-state index in [1.807, 2.05) is 4.90 Å². The molecule has 25 heavy (non-hydrogen) atoms. The molecule has 1 aromatic carbocycles. The molecule has 138 valence electrons. The van der Waals surface area contributed by atoms with Crippen LogP contribution < -0.4 is 4.74 Å². The fourth-order valence-corrected chi connectivity index (χ4v) is 3.74. The number of hydrogen-bond donors (Lipinski definition) is 0. The van der Waals surface area contributed by atoms with E-state index in [1.54, 1.807) is 0 Å². The minimum Gasteiger partial charge on any atom is -0.492 e. The van der Waals surface area contributed by atoms with Crippen LogP contribution in [0.4, 0.5) is 0 Å². The summed E-state index contributed by atoms with van der Waals surface area (Å²) in [6.07, 6.45) is 2.33. The summed E-state index contributed by atoms with van der Waals surface area (Å²) in [4.78, 5) is 19.0. The highest BCUT2D eigenvalue weighted by atomic mass is 16.5. The van der Waals surface area contributed by atoms with Gasteiger partial charge in [-0.1, -0.05) is 6.07 Å². The van der Waals surface area contributed by atoms with Crippen molar-refractivity contribution in [2.24, 2.45) is 0 Å². The molecule has 2 heterocycles. The van der Waals surface area contributed by atoms with Gasteiger partial charge in [-0.25, -0.2) is 0 Å². The van der Waals surface area contributed by atoms with Gasteiger partial charge in [0.15, 0.2) is 0 Å². The molecule has 2 aliphatic rings. The van der Waals surface area contributed by atoms with Crippen LogP contribution in [-0.2, 0) is 4.79 Å². The average molecular weight is 345 g/mol. The van der Waals surface area contributed by atoms with Crippen molar-refractivity contribution in [3.05, 3.63) is 29.3 Å². The van der Waals surface area contributed by atoms with Gasteiger partial charge in [0.25, 0.3) is 0 Å². The lowest BCUT2D eigenvalue weighted by molar-refractivity contribution is -0.131. The molecular weight excluding hydrogens is 314 g/mol. The predicted octanol–water partition coefficient (Wildman–Crippen LogP) is 1.92. The molecule has 0 spiro atoms. The van der Waals surface area contributed by atoms with E-state index >= 15 is 0 Å². The summed E-state index contributed by atoms with van der Waals surface area (Å²) in [5.74, 6) is 1.27. The summed E-state index contributed by atoms with van der Waals surface area (Å²) in [7, 11) is 0. The maximum absolute atomic E-state index is 12.2. The molecule has 1 aromatic rings. The Kier molecular flexibility index (Phi) is 6.32. The van der Waals surface area contributed by atoms with Crippen molar-refractivity contribution in [2.75, 3.05) is 59.0 Å². The number of carbonyl (C=O) groups excluding carboxylic acids is 1. The lowest BCUT2D eigenvalue weighted by Gasteiger charge is -2.34. The average Bonchev–Trinajstić information content (AvgIpc) is 3.10. The maximum Gasteiger partial charge on any atom is 0.236 e. The van der Waals surface area contributed by atoms with Gasteiger partial charge >= 0.3 is 0 Å². The number of amides is 1. The first-order valence-electron chi connectivity index (χ1n) is 9.54. The SMILES string of the molecule is Cc1cc(C)cc(OCCN2CCN(CC(=O)N3CCCC3)CC2)c1. The fraction of sp³-hybridized carbons (Fsp3) is 0.650. The molecule has 0 aromatic heterocycles. The van der Waals surface area contributed by atoms with Crippen LogP contribution in [0.25, 0.3) is 0 Å². The van der Waals surface area contributed by atoms with Crippen LogP contribution in [0.3, 0.4) is 0 Å². The van der Waals surface area contributed by atoms with Crippen molar-refractivity contribution in [1.82, 2.24) is 14.7 Å². The smallest absolute Gasteiger partial charge is 0.236 e. The zero-order chi connectivity index (χ0) is 17.6. The minimum absolute atomic E-state index is 0.309. The number of rotatable bonds is 6. The Hall–Kier alpha value is -1.59. The topological polar surface area (TPSA) is 36.0 Å². The number of benzene rings is 1. The summed E-state index contributed by atoms with van der Waals surface area (Å²) in [5, 5.41) is 0. The molecule has 0 saturated carbocycles. The van der Waals surface area contributed by atoms with Gasteiger partial charge in [-0.3, -0.25) is 14.6 Å². The highest BCUT2D eigenvalue weighted by Gasteiger charge is 2.23. The highest BCUT2D eigenvalue weighted by Crippen LogP contribution is 2.16. The number of carbonyl (C=O) groups is 1. The lowest BCUT2D eigenvalue weighted by Crippen LogP contribution is -2.50. The van der Waals surface area contributed by atoms with Crippen LogP contribution in [0.2, 0.25) is 0 Å². The molecule has 0 aliphatic carbocycles. The number of nitrogens with zero attached hydrogens (tertiary/aromatic N) is 3. The molecule has 1 amide bonds. The number of aryl methyl sites for hydroxylation is 2. The van der Waals surface area contributed by atoms with E-state index in [-0.39, 0.29) is 0 Å². The Morgan fingerprint density at radius 1 is 0.920 bits per heavy atom. The van der Waals surface area contributed by atoms with Gasteiger partial charge in [-0.15, -0.1) is 0 Å². The summed E-state index contributed by atoms with van der Waals surface area (Å²) in [5.41, 5.74) is 2.48. The third kappa shape index (κ3) is 5.44. The molecule has 5 nitrogen and oxygen atoms in total. The molecule has 0 N–H and O–H groups in total. The third-order valence-electron chi connectivity index (χ3n) is 5.15. The van der Waals surface area contributed by atoms with Crippen molar-refractivity contribution in [3.63, 3.8) is 0 Å². The van der Waals surface area contributed by atoms with Crippen LogP contribution in [-0.4, -0.2) is 79.6 Å². The summed E-state index contributed by atoms with van der Waals surface area (Å²) >= 11 is 0. The lowest BCUT2D eigenvalue weighted by atomic mass is 10.1. The van der Waals surface area contributed by atoms with E-state index in [2.05, 4.69) is 41.8 Å². The molecule has 0 radical (unpaired) electrons. The summed E-state index contributed by atoms with van der Waals surface area (Å²) < 4.78 is 5.91. The number of hydrogen-bond acceptors (Lipinski definition) is 4. The minimum atomic E-state index is 0.309. The molecular formula is C20H31N3O2. The van der Waals surface area contributed by atoms with Crippen LogP contribution >= 0.6 is 0 Å². The van der Waals surface area contributed by atoms with Gasteiger partial charge in [0.05, 0.1) is 6.54 Å². The number of ether oxygens (including phenoxy) is 1. The van der Waals surface area contributed by atoms with E-state index in [0.29, 0.717) is 12.5 Å². The van der Waals surface area contributed by atoms with Gasteiger partial charge in [0, 0.05) is 45.8 Å². The second kappa shape index (κ2) is 8.68. The standard InChI is InChI=1S/C20H31N3O2/c1-17-13-18(2)15-19(14-17)25-12-11-21-7-9-22(10-8-21)16-20(24)23-5-3-4-6-23/h13-15H,3-12,16H2,1-2H3. The highest BCUT2D eigenvalue weighted by molar-refractivity contribution is 5.78. The zero-order valence-corrected chi connectivity index (χ0v) is 15.7. The molecule has 0 unspecified atom stereocenters. The molecule has 2 aliphatic heterocycles. The Morgan fingerprint density at radius 2 is 1.52 bits per heavy atom. The number of likely N-dealkylation sites (tertiary alicyclic amines) is 1. The molecule has 2 fully saturated rings. The van der Waals surface area contributed by atoms with E-state index in [9.17, 15) is 4.79 Å². The van der Waals surface area contributed by atoms with E-state index in [4.69, 9.17) is 4.74 Å². The van der Waals surface area contributed by atoms with Gasteiger partial charge in [-0.2, -0.15) is 0 Å². The monoisotopic (exact) mass is 345 g/mol. The molecule has 0 atom stereocenters. The predicted molar refractivity (Wildman–Crippen MR) is 100 cm³/mol. The molecule has 2 saturated heterocycles. The first-order valence-corrected chi connectivity index (χ1v) is 9.54. The Balaban J connectivity index is 1.34. The Morgan fingerprint density at radius 3 is 2.16 bits per heavy atom. The second-order valence-corrected chi connectivity index (χ2v) is 7.38. The quantitative estimate of drug-likeness (QED) is 0.789. The zero-order valence-electron chi connectivity index (χ0n) is 15.7. The van der Waals surface area contributed by atoms with Crippen LogP contribution in [0.5, 0.6) is 5.75 Å². The second-order valence-electron chi connectivity index (χ2n) is 7.38. The first kappa shape index (κ1) is 18.2. The normalized spacial score (nSPS) is 19.4. The third-order valence-corrected chi connectivity index (χ3v) is 5.15. The van der Waals surface area contributed by atoms with Crippen molar-refractivity contribution in [1.29, 1.82) is 0 Å². The Labute approximate surface area is 151 Å². The molecule has 5 heteroatoms. The molecule has 3 rings (SSSR count). The maximum atomic E-state index is 12.2. The number of piperazine rings is 1. The van der Waals surface area contributed by atoms with Gasteiger partial charge in [-0.05, 0) is 49.9 Å². The van der Waals surface area contributed by atoms with Crippen LogP contribution in [0.15, 0.2) is 18.2 Å². The van der Waals surface area contributed by atoms with Crippen molar-refractivity contribution in [2.45, 2.75) is 26.7 Å². The van der Waals surface area contributed by atoms with E-state index < -0.39 is 0 Å². The fourth-order valence-electron chi connectivity index (χ4n) is 3.74. The summed E-state index contributed by atoms with van der Waals surface area (Å²) in [6, 6.07) is 6.35. The van der Waals surface area contributed by atoms with Crippen molar-refractivity contribution < 1.29 is 9.53 Å². The summed E-state index contributed by atoms with van der Waals surface area (Å²) in [6.45, 7) is 12.3. The van der Waals surface area contributed by atoms with Gasteiger partial charge in [0.2, 0.25) is 5.91 Å². The van der Waals surface area contributed by atoms with Crippen molar-refractivity contribution in [3.8, 4) is 5.75 Å². The van der Waals surface area contributed by atoms with Crippen LogP contribution in [0.1, 0.15) is 24.0 Å². The molecule has 0 bridgehead atoms. The van der Waals surface area contributed by atoms with Gasteiger partial charge < -0.3 is 9.64 Å². The van der Waals surface area contributed by atoms with Crippen molar-refractivity contribution >= 4 is 5.91 Å². The first-order chi connectivity index (χ1) is 12.1. The van der Waals surface area contributed by atoms with Crippen LogP contribution in [0, 0.1) is 13.8 Å². The van der Waals surface area contributed by atoms with E-state index in [0.717, 1.165) is 58.2 Å². The largest absolute Gasteiger partial charge is 0.492 e. The van der Waals surface area contributed by atoms with E-state index in [1.165, 1.54) is 24.0 Å². The van der Waals surface area contributed by atoms with Gasteiger partial charge in [0.1, 0.15) is 12.4 Å².